The number of rotatable bonds is 3. The standard InChI is InChI=1S/C20H30N4O2.ClH/c1-15-7-12-24(18(13-15)14-21)19(25)16-8-10-23(11-9-16)20(26)22-17-5-3-2-4-6-17;/h2-6,15-16,18H,7-14,21H2,1H3,(H,22,26);1H. The van der Waals surface area contributed by atoms with Crippen molar-refractivity contribution in [3.8, 4) is 0 Å². The molecule has 2 aliphatic heterocycles. The number of nitrogens with zero attached hydrogens (tertiary/aromatic N) is 2. The number of nitrogens with two attached hydrogens (primary N) is 1. The monoisotopic (exact) mass is 394 g/mol. The molecule has 2 heterocycles. The first-order chi connectivity index (χ1) is 12.6. The fourth-order valence-corrected chi connectivity index (χ4v) is 4.05. The molecule has 2 aliphatic rings. The van der Waals surface area contributed by atoms with Crippen molar-refractivity contribution >= 4 is 30.0 Å². The summed E-state index contributed by atoms with van der Waals surface area (Å²) in [7, 11) is 0. The number of anilines is 1. The average molecular weight is 395 g/mol. The molecule has 2 fully saturated rings. The van der Waals surface area contributed by atoms with Gasteiger partial charge in [-0.25, -0.2) is 4.79 Å². The van der Waals surface area contributed by atoms with Gasteiger partial charge in [-0.15, -0.1) is 12.4 Å². The van der Waals surface area contributed by atoms with E-state index in [-0.39, 0.29) is 36.3 Å². The van der Waals surface area contributed by atoms with Crippen LogP contribution in [-0.4, -0.2) is 54.0 Å². The first-order valence-electron chi connectivity index (χ1n) is 9.70. The van der Waals surface area contributed by atoms with E-state index in [4.69, 9.17) is 5.73 Å². The molecule has 0 aliphatic carbocycles. The lowest BCUT2D eigenvalue weighted by molar-refractivity contribution is -0.141. The lowest BCUT2D eigenvalue weighted by atomic mass is 9.89. The molecule has 6 nitrogen and oxygen atoms in total. The summed E-state index contributed by atoms with van der Waals surface area (Å²) >= 11 is 0. The second-order valence-corrected chi connectivity index (χ2v) is 7.61. The van der Waals surface area contributed by atoms with Crippen LogP contribution in [0.5, 0.6) is 0 Å². The highest BCUT2D eigenvalue weighted by Crippen LogP contribution is 2.27. The van der Waals surface area contributed by atoms with E-state index in [0.29, 0.717) is 25.6 Å². The van der Waals surface area contributed by atoms with Crippen LogP contribution in [-0.2, 0) is 4.79 Å². The maximum atomic E-state index is 12.9. The van der Waals surface area contributed by atoms with Crippen LogP contribution in [0.15, 0.2) is 30.3 Å². The van der Waals surface area contributed by atoms with Crippen LogP contribution in [0.1, 0.15) is 32.6 Å². The molecule has 150 valence electrons. The Bertz CT molecular complexity index is 620. The summed E-state index contributed by atoms with van der Waals surface area (Å²) in [4.78, 5) is 29.1. The Labute approximate surface area is 167 Å². The van der Waals surface area contributed by atoms with Gasteiger partial charge in [0, 0.05) is 43.8 Å². The Hall–Kier alpha value is -1.79. The molecule has 3 amide bonds. The molecule has 2 saturated heterocycles. The third kappa shape index (κ3) is 5.36. The van der Waals surface area contributed by atoms with Crippen molar-refractivity contribution < 1.29 is 9.59 Å². The molecule has 3 N–H and O–H groups in total. The molecule has 3 rings (SSSR count). The van der Waals surface area contributed by atoms with Crippen molar-refractivity contribution in [1.29, 1.82) is 0 Å². The first kappa shape index (κ1) is 21.5. The summed E-state index contributed by atoms with van der Waals surface area (Å²) < 4.78 is 0. The Balaban J connectivity index is 0.00000261. The van der Waals surface area contributed by atoms with Gasteiger partial charge in [0.25, 0.3) is 0 Å². The number of likely N-dealkylation sites (tertiary alicyclic amines) is 2. The zero-order valence-corrected chi connectivity index (χ0v) is 16.8. The predicted octanol–water partition coefficient (Wildman–Crippen LogP) is 2.94. The van der Waals surface area contributed by atoms with Gasteiger partial charge in [0.1, 0.15) is 0 Å². The number of para-hydroxylation sites is 1. The van der Waals surface area contributed by atoms with E-state index in [2.05, 4.69) is 12.2 Å². The maximum absolute atomic E-state index is 12.9. The highest BCUT2D eigenvalue weighted by atomic mass is 35.5. The molecule has 1 aromatic carbocycles. The van der Waals surface area contributed by atoms with Crippen molar-refractivity contribution in [3.63, 3.8) is 0 Å². The molecular formula is C20H31ClN4O2. The van der Waals surface area contributed by atoms with E-state index >= 15 is 0 Å². The third-order valence-corrected chi connectivity index (χ3v) is 5.69. The van der Waals surface area contributed by atoms with Crippen molar-refractivity contribution in [1.82, 2.24) is 9.80 Å². The van der Waals surface area contributed by atoms with Gasteiger partial charge in [-0.3, -0.25) is 4.79 Å². The lowest BCUT2D eigenvalue weighted by Gasteiger charge is -2.41. The SMILES string of the molecule is CC1CCN(C(=O)C2CCN(C(=O)Nc3ccccc3)CC2)C(CN)C1.Cl. The minimum absolute atomic E-state index is 0. The molecule has 0 radical (unpaired) electrons. The smallest absolute Gasteiger partial charge is 0.321 e. The van der Waals surface area contributed by atoms with E-state index in [0.717, 1.165) is 37.9 Å². The van der Waals surface area contributed by atoms with E-state index < -0.39 is 0 Å². The summed E-state index contributed by atoms with van der Waals surface area (Å²) in [6, 6.07) is 9.54. The van der Waals surface area contributed by atoms with Gasteiger partial charge in [-0.2, -0.15) is 0 Å². The Kier molecular flexibility index (Phi) is 7.92. The summed E-state index contributed by atoms with van der Waals surface area (Å²) in [6.45, 7) is 4.82. The van der Waals surface area contributed by atoms with Crippen LogP contribution in [0.3, 0.4) is 0 Å². The van der Waals surface area contributed by atoms with Gasteiger partial charge < -0.3 is 20.9 Å². The van der Waals surface area contributed by atoms with Gasteiger partial charge in [0.2, 0.25) is 5.91 Å². The predicted molar refractivity (Wildman–Crippen MR) is 110 cm³/mol. The van der Waals surface area contributed by atoms with Gasteiger partial charge in [0.15, 0.2) is 0 Å². The molecular weight excluding hydrogens is 364 g/mol. The number of hydrogen-bond donors (Lipinski definition) is 2. The number of carbonyl (C=O) groups is 2. The highest BCUT2D eigenvalue weighted by molar-refractivity contribution is 5.89. The van der Waals surface area contributed by atoms with Crippen LogP contribution < -0.4 is 11.1 Å². The number of amides is 3. The molecule has 0 aromatic heterocycles. The number of piperidine rings is 2. The summed E-state index contributed by atoms with van der Waals surface area (Å²) in [6.07, 6.45) is 3.51. The Morgan fingerprint density at radius 1 is 1.11 bits per heavy atom. The third-order valence-electron chi connectivity index (χ3n) is 5.69. The van der Waals surface area contributed by atoms with Crippen LogP contribution in [0, 0.1) is 11.8 Å². The second-order valence-electron chi connectivity index (χ2n) is 7.61. The van der Waals surface area contributed by atoms with E-state index in [1.807, 2.05) is 35.2 Å². The zero-order valence-electron chi connectivity index (χ0n) is 16.0. The number of halogens is 1. The number of carbonyl (C=O) groups excluding carboxylic acids is 2. The normalized spacial score (nSPS) is 23.5. The minimum atomic E-state index is -0.0891. The van der Waals surface area contributed by atoms with Gasteiger partial charge >= 0.3 is 6.03 Å². The van der Waals surface area contributed by atoms with E-state index in [1.165, 1.54) is 0 Å². The lowest BCUT2D eigenvalue weighted by Crippen LogP contribution is -2.53. The average Bonchev–Trinajstić information content (AvgIpc) is 2.68. The number of benzene rings is 1. The van der Waals surface area contributed by atoms with Crippen LogP contribution in [0.4, 0.5) is 10.5 Å². The number of nitrogens with one attached hydrogen (secondary N) is 1. The first-order valence-corrected chi connectivity index (χ1v) is 9.70. The highest BCUT2D eigenvalue weighted by Gasteiger charge is 2.35. The molecule has 2 unspecified atom stereocenters. The van der Waals surface area contributed by atoms with Crippen molar-refractivity contribution in [2.45, 2.75) is 38.6 Å². The number of hydrogen-bond acceptors (Lipinski definition) is 3. The summed E-state index contributed by atoms with van der Waals surface area (Å²) in [5, 5.41) is 2.92. The topological polar surface area (TPSA) is 78.7 Å². The quantitative estimate of drug-likeness (QED) is 0.827. The molecule has 0 bridgehead atoms. The summed E-state index contributed by atoms with van der Waals surface area (Å²) in [5.74, 6) is 0.879. The minimum Gasteiger partial charge on any atom is -0.338 e. The Morgan fingerprint density at radius 2 is 1.78 bits per heavy atom. The van der Waals surface area contributed by atoms with Crippen LogP contribution >= 0.6 is 12.4 Å². The second kappa shape index (κ2) is 9.95. The van der Waals surface area contributed by atoms with Crippen molar-refractivity contribution in [3.05, 3.63) is 30.3 Å². The fraction of sp³-hybridized carbons (Fsp3) is 0.600. The van der Waals surface area contributed by atoms with E-state index in [9.17, 15) is 9.59 Å². The molecule has 27 heavy (non-hydrogen) atoms. The van der Waals surface area contributed by atoms with Crippen molar-refractivity contribution in [2.24, 2.45) is 17.6 Å². The molecule has 0 spiro atoms. The largest absolute Gasteiger partial charge is 0.338 e. The van der Waals surface area contributed by atoms with E-state index in [1.54, 1.807) is 4.90 Å². The molecule has 1 aromatic rings. The van der Waals surface area contributed by atoms with Crippen LogP contribution in [0.25, 0.3) is 0 Å². The molecule has 2 atom stereocenters. The van der Waals surface area contributed by atoms with Gasteiger partial charge in [-0.05, 0) is 43.7 Å². The van der Waals surface area contributed by atoms with Gasteiger partial charge in [0.05, 0.1) is 0 Å². The number of urea groups is 1. The Morgan fingerprint density at radius 3 is 2.41 bits per heavy atom. The van der Waals surface area contributed by atoms with Gasteiger partial charge in [-0.1, -0.05) is 25.1 Å². The van der Waals surface area contributed by atoms with Crippen LogP contribution in [0.2, 0.25) is 0 Å². The summed E-state index contributed by atoms with van der Waals surface area (Å²) in [5.41, 5.74) is 6.70. The zero-order chi connectivity index (χ0) is 18.5. The fourth-order valence-electron chi connectivity index (χ4n) is 4.05. The molecule has 7 heteroatoms. The maximum Gasteiger partial charge on any atom is 0.321 e. The molecule has 0 saturated carbocycles. The van der Waals surface area contributed by atoms with Crippen molar-refractivity contribution in [2.75, 3.05) is 31.5 Å².